The number of anilines is 1. The minimum atomic E-state index is 0.804. The van der Waals surface area contributed by atoms with Crippen molar-refractivity contribution in [3.8, 4) is 0 Å². The Kier molecular flexibility index (Phi) is 5.26. The third kappa shape index (κ3) is 3.59. The van der Waals surface area contributed by atoms with Crippen molar-refractivity contribution < 1.29 is 0 Å². The van der Waals surface area contributed by atoms with Crippen molar-refractivity contribution in [2.75, 3.05) is 31.3 Å². The van der Waals surface area contributed by atoms with Gasteiger partial charge in [-0.25, -0.2) is 9.97 Å². The van der Waals surface area contributed by atoms with E-state index in [2.05, 4.69) is 26.4 Å². The van der Waals surface area contributed by atoms with Crippen LogP contribution in [0.25, 0.3) is 0 Å². The molecule has 1 aliphatic heterocycles. The summed E-state index contributed by atoms with van der Waals surface area (Å²) in [5.74, 6) is 0.886. The molecule has 100 valence electrons. The molecule has 1 atom stereocenters. The Morgan fingerprint density at radius 1 is 1.33 bits per heavy atom. The standard InChI is InChI=1S/C13H22N4S/c1-14-8-11-9-15-13(16-10-11)17-6-3-4-12(18-2)5-7-17/h9-10,12,14H,3-8H2,1-2H3. The summed E-state index contributed by atoms with van der Waals surface area (Å²) in [5.41, 5.74) is 1.14. The highest BCUT2D eigenvalue weighted by atomic mass is 32.2. The van der Waals surface area contributed by atoms with E-state index in [4.69, 9.17) is 0 Å². The van der Waals surface area contributed by atoms with E-state index in [0.717, 1.165) is 36.4 Å². The van der Waals surface area contributed by atoms with Gasteiger partial charge in [0.15, 0.2) is 0 Å². The number of nitrogens with one attached hydrogen (secondary N) is 1. The highest BCUT2D eigenvalue weighted by Crippen LogP contribution is 2.22. The van der Waals surface area contributed by atoms with Crippen LogP contribution in [0.3, 0.4) is 0 Å². The minimum Gasteiger partial charge on any atom is -0.341 e. The summed E-state index contributed by atoms with van der Waals surface area (Å²) in [7, 11) is 1.94. The van der Waals surface area contributed by atoms with Crippen LogP contribution >= 0.6 is 11.8 Å². The number of rotatable bonds is 4. The fraction of sp³-hybridized carbons (Fsp3) is 0.692. The fourth-order valence-corrected chi connectivity index (χ4v) is 3.05. The van der Waals surface area contributed by atoms with Crippen LogP contribution in [0.15, 0.2) is 12.4 Å². The zero-order valence-corrected chi connectivity index (χ0v) is 12.0. The molecule has 0 amide bonds. The molecule has 1 aromatic rings. The van der Waals surface area contributed by atoms with Gasteiger partial charge in [0.2, 0.25) is 5.95 Å². The van der Waals surface area contributed by atoms with Crippen LogP contribution in [-0.2, 0) is 6.54 Å². The van der Waals surface area contributed by atoms with Crippen LogP contribution in [-0.4, -0.2) is 41.6 Å². The van der Waals surface area contributed by atoms with Gasteiger partial charge in [-0.1, -0.05) is 0 Å². The zero-order valence-electron chi connectivity index (χ0n) is 11.2. The average Bonchev–Trinajstić information content (AvgIpc) is 2.65. The SMILES string of the molecule is CNCc1cnc(N2CCCC(SC)CC2)nc1. The van der Waals surface area contributed by atoms with Gasteiger partial charge < -0.3 is 10.2 Å². The highest BCUT2D eigenvalue weighted by molar-refractivity contribution is 7.99. The molecular weight excluding hydrogens is 244 g/mol. The van der Waals surface area contributed by atoms with Crippen molar-refractivity contribution in [2.45, 2.75) is 31.1 Å². The summed E-state index contributed by atoms with van der Waals surface area (Å²) in [6, 6.07) is 0. The molecule has 1 N–H and O–H groups in total. The van der Waals surface area contributed by atoms with Crippen LogP contribution < -0.4 is 10.2 Å². The first-order valence-electron chi connectivity index (χ1n) is 6.56. The van der Waals surface area contributed by atoms with E-state index < -0.39 is 0 Å². The lowest BCUT2D eigenvalue weighted by molar-refractivity contribution is 0.744. The van der Waals surface area contributed by atoms with Crippen LogP contribution in [0.4, 0.5) is 5.95 Å². The molecule has 0 aliphatic carbocycles. The maximum Gasteiger partial charge on any atom is 0.225 e. The summed E-state index contributed by atoms with van der Waals surface area (Å²) in [4.78, 5) is 11.3. The largest absolute Gasteiger partial charge is 0.341 e. The first-order valence-corrected chi connectivity index (χ1v) is 7.85. The van der Waals surface area contributed by atoms with Crippen molar-refractivity contribution in [3.63, 3.8) is 0 Å². The molecule has 4 nitrogen and oxygen atoms in total. The quantitative estimate of drug-likeness (QED) is 0.901. The predicted molar refractivity (Wildman–Crippen MR) is 78.2 cm³/mol. The summed E-state index contributed by atoms with van der Waals surface area (Å²) in [5, 5.41) is 3.91. The zero-order chi connectivity index (χ0) is 12.8. The lowest BCUT2D eigenvalue weighted by Gasteiger charge is -2.20. The van der Waals surface area contributed by atoms with Crippen LogP contribution in [0.5, 0.6) is 0 Å². The molecule has 0 aromatic carbocycles. The lowest BCUT2D eigenvalue weighted by Crippen LogP contribution is -2.26. The fourth-order valence-electron chi connectivity index (χ4n) is 2.31. The van der Waals surface area contributed by atoms with Crippen LogP contribution in [0, 0.1) is 0 Å². The smallest absolute Gasteiger partial charge is 0.225 e. The molecule has 0 saturated carbocycles. The number of hydrogen-bond acceptors (Lipinski definition) is 5. The molecule has 18 heavy (non-hydrogen) atoms. The first-order chi connectivity index (χ1) is 8.83. The van der Waals surface area contributed by atoms with E-state index in [1.165, 1.54) is 19.3 Å². The molecule has 1 saturated heterocycles. The van der Waals surface area contributed by atoms with Crippen molar-refractivity contribution in [1.82, 2.24) is 15.3 Å². The number of hydrogen-bond donors (Lipinski definition) is 1. The van der Waals surface area contributed by atoms with Gasteiger partial charge in [0, 0.05) is 42.8 Å². The summed E-state index contributed by atoms with van der Waals surface area (Å²) in [6.07, 6.45) is 9.86. The highest BCUT2D eigenvalue weighted by Gasteiger charge is 2.17. The normalized spacial score (nSPS) is 20.8. The van der Waals surface area contributed by atoms with Gasteiger partial charge in [-0.3, -0.25) is 0 Å². The Morgan fingerprint density at radius 2 is 2.11 bits per heavy atom. The molecule has 1 aliphatic rings. The van der Waals surface area contributed by atoms with Gasteiger partial charge >= 0.3 is 0 Å². The van der Waals surface area contributed by atoms with E-state index in [1.54, 1.807) is 0 Å². The monoisotopic (exact) mass is 266 g/mol. The molecule has 0 spiro atoms. The number of aromatic nitrogens is 2. The first kappa shape index (κ1) is 13.6. The van der Waals surface area contributed by atoms with E-state index in [9.17, 15) is 0 Å². The molecule has 2 rings (SSSR count). The lowest BCUT2D eigenvalue weighted by atomic mass is 10.2. The molecule has 0 bridgehead atoms. The maximum atomic E-state index is 4.48. The van der Waals surface area contributed by atoms with E-state index in [-0.39, 0.29) is 0 Å². The second-order valence-corrected chi connectivity index (χ2v) is 5.84. The Labute approximate surface area is 114 Å². The van der Waals surface area contributed by atoms with Gasteiger partial charge in [0.05, 0.1) is 0 Å². The van der Waals surface area contributed by atoms with Gasteiger partial charge in [-0.2, -0.15) is 11.8 Å². The van der Waals surface area contributed by atoms with Crippen LogP contribution in [0.1, 0.15) is 24.8 Å². The molecule has 2 heterocycles. The maximum absolute atomic E-state index is 4.48. The Balaban J connectivity index is 1.98. The minimum absolute atomic E-state index is 0.804. The van der Waals surface area contributed by atoms with E-state index in [0.29, 0.717) is 0 Å². The Hall–Kier alpha value is -0.810. The number of nitrogens with zero attached hydrogens (tertiary/aromatic N) is 3. The third-order valence-electron chi connectivity index (χ3n) is 3.36. The summed E-state index contributed by atoms with van der Waals surface area (Å²) >= 11 is 1.99. The second-order valence-electron chi connectivity index (χ2n) is 4.70. The molecular formula is C13H22N4S. The average molecular weight is 266 g/mol. The van der Waals surface area contributed by atoms with Crippen molar-refractivity contribution in [1.29, 1.82) is 0 Å². The Bertz CT molecular complexity index is 355. The molecule has 1 aromatic heterocycles. The van der Waals surface area contributed by atoms with Gasteiger partial charge in [-0.05, 0) is 32.6 Å². The van der Waals surface area contributed by atoms with Crippen molar-refractivity contribution in [3.05, 3.63) is 18.0 Å². The van der Waals surface area contributed by atoms with Crippen LogP contribution in [0.2, 0.25) is 0 Å². The number of thioether (sulfide) groups is 1. The third-order valence-corrected chi connectivity index (χ3v) is 4.50. The summed E-state index contributed by atoms with van der Waals surface area (Å²) < 4.78 is 0. The Morgan fingerprint density at radius 3 is 2.78 bits per heavy atom. The van der Waals surface area contributed by atoms with Gasteiger partial charge in [0.1, 0.15) is 0 Å². The van der Waals surface area contributed by atoms with E-state index in [1.807, 2.05) is 31.2 Å². The summed E-state index contributed by atoms with van der Waals surface area (Å²) in [6.45, 7) is 2.99. The second kappa shape index (κ2) is 6.95. The van der Waals surface area contributed by atoms with E-state index >= 15 is 0 Å². The predicted octanol–water partition coefficient (Wildman–Crippen LogP) is 1.92. The molecule has 0 radical (unpaired) electrons. The van der Waals surface area contributed by atoms with Crippen molar-refractivity contribution in [2.24, 2.45) is 0 Å². The molecule has 1 fully saturated rings. The topological polar surface area (TPSA) is 41.1 Å². The van der Waals surface area contributed by atoms with Crippen molar-refractivity contribution >= 4 is 17.7 Å². The molecule has 1 unspecified atom stereocenters. The van der Waals surface area contributed by atoms with Gasteiger partial charge in [0.25, 0.3) is 0 Å². The van der Waals surface area contributed by atoms with Gasteiger partial charge in [-0.15, -0.1) is 0 Å². The molecule has 5 heteroatoms.